The van der Waals surface area contributed by atoms with E-state index >= 15 is 0 Å². The summed E-state index contributed by atoms with van der Waals surface area (Å²) in [4.78, 5) is 16.9. The van der Waals surface area contributed by atoms with Gasteiger partial charge in [-0.2, -0.15) is 0 Å². The summed E-state index contributed by atoms with van der Waals surface area (Å²) in [6, 6.07) is 13.0. The number of amides is 1. The van der Waals surface area contributed by atoms with Crippen molar-refractivity contribution >= 4 is 11.6 Å². The molecule has 0 aromatic heterocycles. The van der Waals surface area contributed by atoms with Gasteiger partial charge in [0.25, 0.3) is 0 Å². The van der Waals surface area contributed by atoms with Crippen LogP contribution in [-0.2, 0) is 11.2 Å². The summed E-state index contributed by atoms with van der Waals surface area (Å²) in [7, 11) is 0. The van der Waals surface area contributed by atoms with Crippen molar-refractivity contribution in [2.75, 3.05) is 31.1 Å². The van der Waals surface area contributed by atoms with Crippen LogP contribution in [0.3, 0.4) is 0 Å². The van der Waals surface area contributed by atoms with Gasteiger partial charge in [-0.1, -0.05) is 23.8 Å². The van der Waals surface area contributed by atoms with Gasteiger partial charge in [-0.25, -0.2) is 4.39 Å². The zero-order chi connectivity index (χ0) is 18.5. The number of anilines is 1. The van der Waals surface area contributed by atoms with Crippen LogP contribution >= 0.6 is 0 Å². The summed E-state index contributed by atoms with van der Waals surface area (Å²) in [5.74, 6) is 0.0118. The van der Waals surface area contributed by atoms with Crippen LogP contribution in [0.4, 0.5) is 10.1 Å². The Morgan fingerprint density at radius 3 is 2.50 bits per heavy atom. The molecule has 1 fully saturated rings. The molecule has 3 nitrogen and oxygen atoms in total. The molecular weight excluding hydrogens is 327 g/mol. The van der Waals surface area contributed by atoms with Crippen LogP contribution in [0, 0.1) is 19.7 Å². The van der Waals surface area contributed by atoms with Crippen molar-refractivity contribution in [2.45, 2.75) is 33.1 Å². The van der Waals surface area contributed by atoms with Gasteiger partial charge in [0, 0.05) is 38.3 Å². The lowest BCUT2D eigenvalue weighted by molar-refractivity contribution is -0.130. The third kappa shape index (κ3) is 4.63. The number of benzene rings is 2. The van der Waals surface area contributed by atoms with Crippen LogP contribution in [0.5, 0.6) is 0 Å². The lowest BCUT2D eigenvalue weighted by atomic mass is 10.0. The van der Waals surface area contributed by atoms with Gasteiger partial charge in [0.2, 0.25) is 5.91 Å². The Kier molecular flexibility index (Phi) is 5.92. The van der Waals surface area contributed by atoms with E-state index in [2.05, 4.69) is 36.9 Å². The maximum Gasteiger partial charge on any atom is 0.222 e. The molecule has 1 saturated heterocycles. The molecule has 0 unspecified atom stereocenters. The second-order valence-electron chi connectivity index (χ2n) is 7.13. The Balaban J connectivity index is 1.54. The van der Waals surface area contributed by atoms with Crippen molar-refractivity contribution in [2.24, 2.45) is 0 Å². The first-order valence-corrected chi connectivity index (χ1v) is 9.37. The van der Waals surface area contributed by atoms with Gasteiger partial charge >= 0.3 is 0 Å². The number of rotatable bonds is 4. The highest BCUT2D eigenvalue weighted by Crippen LogP contribution is 2.18. The van der Waals surface area contributed by atoms with E-state index in [0.29, 0.717) is 6.42 Å². The van der Waals surface area contributed by atoms with Crippen molar-refractivity contribution in [1.29, 1.82) is 0 Å². The van der Waals surface area contributed by atoms with Crippen LogP contribution in [0.1, 0.15) is 29.5 Å². The van der Waals surface area contributed by atoms with E-state index in [4.69, 9.17) is 0 Å². The molecule has 1 aliphatic heterocycles. The summed E-state index contributed by atoms with van der Waals surface area (Å²) in [5, 5.41) is 0. The number of hydrogen-bond acceptors (Lipinski definition) is 2. The molecular formula is C22H27FN2O. The molecule has 0 atom stereocenters. The smallest absolute Gasteiger partial charge is 0.222 e. The highest BCUT2D eigenvalue weighted by atomic mass is 19.1. The lowest BCUT2D eigenvalue weighted by Crippen LogP contribution is -2.35. The summed E-state index contributed by atoms with van der Waals surface area (Å²) in [6.07, 6.45) is 2.29. The van der Waals surface area contributed by atoms with Gasteiger partial charge in [0.15, 0.2) is 0 Å². The first kappa shape index (κ1) is 18.4. The fourth-order valence-corrected chi connectivity index (χ4v) is 3.60. The second-order valence-corrected chi connectivity index (χ2v) is 7.13. The van der Waals surface area contributed by atoms with Crippen molar-refractivity contribution in [1.82, 2.24) is 4.90 Å². The van der Waals surface area contributed by atoms with Gasteiger partial charge in [-0.05, 0) is 62.1 Å². The van der Waals surface area contributed by atoms with Gasteiger partial charge in [-0.3, -0.25) is 4.79 Å². The van der Waals surface area contributed by atoms with E-state index in [1.807, 2.05) is 17.0 Å². The molecule has 138 valence electrons. The fraction of sp³-hybridized carbons (Fsp3) is 0.409. The summed E-state index contributed by atoms with van der Waals surface area (Å²) in [6.45, 7) is 7.41. The average molecular weight is 354 g/mol. The highest BCUT2D eigenvalue weighted by molar-refractivity contribution is 5.76. The number of carbonyl (C=O) groups excluding carboxylic acids is 1. The fourth-order valence-electron chi connectivity index (χ4n) is 3.60. The van der Waals surface area contributed by atoms with Crippen LogP contribution in [-0.4, -0.2) is 37.0 Å². The third-order valence-electron chi connectivity index (χ3n) is 5.15. The molecule has 3 rings (SSSR count). The van der Waals surface area contributed by atoms with E-state index in [9.17, 15) is 9.18 Å². The zero-order valence-corrected chi connectivity index (χ0v) is 15.7. The molecule has 2 aromatic carbocycles. The number of aryl methyl sites for hydroxylation is 3. The zero-order valence-electron chi connectivity index (χ0n) is 15.7. The Hall–Kier alpha value is -2.36. The van der Waals surface area contributed by atoms with Gasteiger partial charge in [-0.15, -0.1) is 0 Å². The molecule has 0 aliphatic carbocycles. The maximum atomic E-state index is 13.1. The molecule has 0 N–H and O–H groups in total. The van der Waals surface area contributed by atoms with Gasteiger partial charge in [0.05, 0.1) is 0 Å². The molecule has 0 saturated carbocycles. The SMILES string of the molecule is Cc1ccc(CCC(=O)N2CCCN(c3ccc(F)cc3)CC2)c(C)c1. The largest absolute Gasteiger partial charge is 0.370 e. The molecule has 0 bridgehead atoms. The molecule has 1 heterocycles. The van der Waals surface area contributed by atoms with E-state index in [1.54, 1.807) is 0 Å². The molecule has 2 aromatic rings. The highest BCUT2D eigenvalue weighted by Gasteiger charge is 2.19. The molecule has 0 spiro atoms. The number of carbonyl (C=O) groups is 1. The van der Waals surface area contributed by atoms with Crippen molar-refractivity contribution in [3.05, 3.63) is 65.0 Å². The quantitative estimate of drug-likeness (QED) is 0.825. The monoisotopic (exact) mass is 354 g/mol. The molecule has 26 heavy (non-hydrogen) atoms. The molecule has 1 amide bonds. The Bertz CT molecular complexity index is 757. The maximum absolute atomic E-state index is 13.1. The lowest BCUT2D eigenvalue weighted by Gasteiger charge is -2.24. The topological polar surface area (TPSA) is 23.6 Å². The van der Waals surface area contributed by atoms with Crippen LogP contribution < -0.4 is 4.90 Å². The Labute approximate surface area is 155 Å². The minimum Gasteiger partial charge on any atom is -0.370 e. The normalized spacial score (nSPS) is 15.0. The third-order valence-corrected chi connectivity index (χ3v) is 5.15. The predicted molar refractivity (Wildman–Crippen MR) is 104 cm³/mol. The standard InChI is InChI=1S/C22H27FN2O/c1-17-4-5-19(18(2)16-17)6-11-22(26)25-13-3-12-24(14-15-25)21-9-7-20(23)8-10-21/h4-5,7-10,16H,3,6,11-15H2,1-2H3. The second kappa shape index (κ2) is 8.35. The molecule has 4 heteroatoms. The van der Waals surface area contributed by atoms with Crippen molar-refractivity contribution in [3.8, 4) is 0 Å². The predicted octanol–water partition coefficient (Wildman–Crippen LogP) is 4.11. The van der Waals surface area contributed by atoms with Crippen molar-refractivity contribution < 1.29 is 9.18 Å². The Morgan fingerprint density at radius 2 is 1.77 bits per heavy atom. The van der Waals surface area contributed by atoms with Gasteiger partial charge < -0.3 is 9.80 Å². The minimum absolute atomic E-state index is 0.216. The summed E-state index contributed by atoms with van der Waals surface area (Å²) in [5.41, 5.74) is 4.80. The van der Waals surface area contributed by atoms with Crippen LogP contribution in [0.2, 0.25) is 0 Å². The van der Waals surface area contributed by atoms with Gasteiger partial charge in [0.1, 0.15) is 5.82 Å². The van der Waals surface area contributed by atoms with E-state index in [-0.39, 0.29) is 11.7 Å². The molecule has 1 aliphatic rings. The Morgan fingerprint density at radius 1 is 1.00 bits per heavy atom. The van der Waals surface area contributed by atoms with E-state index in [0.717, 1.165) is 44.7 Å². The number of nitrogens with zero attached hydrogens (tertiary/aromatic N) is 2. The molecule has 0 radical (unpaired) electrons. The van der Waals surface area contributed by atoms with Crippen LogP contribution in [0.25, 0.3) is 0 Å². The summed E-state index contributed by atoms with van der Waals surface area (Å²) < 4.78 is 13.1. The van der Waals surface area contributed by atoms with E-state index in [1.165, 1.54) is 28.8 Å². The van der Waals surface area contributed by atoms with Crippen LogP contribution in [0.15, 0.2) is 42.5 Å². The summed E-state index contributed by atoms with van der Waals surface area (Å²) >= 11 is 0. The minimum atomic E-state index is -0.216. The average Bonchev–Trinajstić information content (AvgIpc) is 2.88. The first-order valence-electron chi connectivity index (χ1n) is 9.37. The number of halogens is 1. The van der Waals surface area contributed by atoms with Crippen molar-refractivity contribution in [3.63, 3.8) is 0 Å². The number of hydrogen-bond donors (Lipinski definition) is 0. The van der Waals surface area contributed by atoms with E-state index < -0.39 is 0 Å². The first-order chi connectivity index (χ1) is 12.5.